The Labute approximate surface area is 302 Å². The molecule has 51 heavy (non-hydrogen) atoms. The molecule has 1 saturated heterocycles. The van der Waals surface area contributed by atoms with E-state index in [9.17, 15) is 28.0 Å². The van der Waals surface area contributed by atoms with Gasteiger partial charge < -0.3 is 41.0 Å². The number of carbonyl (C=O) groups excluding carboxylic acids is 4. The third-order valence-electron chi connectivity index (χ3n) is 7.73. The van der Waals surface area contributed by atoms with E-state index in [2.05, 4.69) is 31.6 Å². The molecule has 2 aliphatic rings. The molecule has 5 N–H and O–H groups in total. The Kier molecular flexibility index (Phi) is 12.6. The number of nitrogens with one attached hydrogen (secondary N) is 5. The van der Waals surface area contributed by atoms with Gasteiger partial charge in [0.15, 0.2) is 5.96 Å². The lowest BCUT2D eigenvalue weighted by molar-refractivity contribution is -0.147. The van der Waals surface area contributed by atoms with Gasteiger partial charge in [-0.15, -0.1) is 0 Å². The number of halogens is 4. The number of morpholine rings is 1. The van der Waals surface area contributed by atoms with Gasteiger partial charge in [0.1, 0.15) is 19.2 Å². The first-order chi connectivity index (χ1) is 24.5. The number of guanidine groups is 1. The summed E-state index contributed by atoms with van der Waals surface area (Å²) in [5.74, 6) is -5.68. The highest BCUT2D eigenvalue weighted by Gasteiger charge is 2.32. The van der Waals surface area contributed by atoms with Gasteiger partial charge in [0, 0.05) is 36.6 Å². The molecule has 3 aromatic carbocycles. The van der Waals surface area contributed by atoms with Gasteiger partial charge in [-0.25, -0.2) is 18.6 Å². The second-order valence-corrected chi connectivity index (χ2v) is 12.4. The Bertz CT molecular complexity index is 1750. The lowest BCUT2D eigenvalue weighted by atomic mass is 10.1. The molecule has 2 heterocycles. The summed E-state index contributed by atoms with van der Waals surface area (Å²) in [6, 6.07) is 16.9. The minimum Gasteiger partial charge on any atom is -0.459 e. The summed E-state index contributed by atoms with van der Waals surface area (Å²) in [6.45, 7) is 0.120. The molecule has 0 bridgehead atoms. The fraction of sp³-hybridized carbons (Fsp3) is 0.324. The average Bonchev–Trinajstić information content (AvgIpc) is 3.12. The summed E-state index contributed by atoms with van der Waals surface area (Å²) in [6.07, 6.45) is 0. The van der Waals surface area contributed by atoms with Crippen LogP contribution in [0.1, 0.15) is 26.3 Å². The monoisotopic (exact) mass is 745 g/mol. The van der Waals surface area contributed by atoms with Crippen molar-refractivity contribution >= 4 is 64.2 Å². The number of nitrogens with zero attached hydrogens (tertiary/aromatic N) is 2. The van der Waals surface area contributed by atoms with Gasteiger partial charge in [0.25, 0.3) is 17.7 Å². The van der Waals surface area contributed by atoms with Crippen LogP contribution in [0, 0.1) is 0 Å². The maximum Gasteiger partial charge on any atom is 0.330 e. The largest absolute Gasteiger partial charge is 0.459 e. The van der Waals surface area contributed by atoms with Crippen LogP contribution in [0.2, 0.25) is 10.0 Å². The van der Waals surface area contributed by atoms with Gasteiger partial charge in [0.2, 0.25) is 5.91 Å². The molecule has 2 aliphatic heterocycles. The van der Waals surface area contributed by atoms with Crippen molar-refractivity contribution in [3.8, 4) is 0 Å². The summed E-state index contributed by atoms with van der Waals surface area (Å²) in [5, 5.41) is 13.0. The van der Waals surface area contributed by atoms with Gasteiger partial charge in [-0.3, -0.25) is 14.4 Å². The number of carbonyl (C=O) groups is 4. The molecule has 3 amide bonds. The average molecular weight is 747 g/mol. The van der Waals surface area contributed by atoms with Crippen molar-refractivity contribution in [3.05, 3.63) is 93.5 Å². The van der Waals surface area contributed by atoms with Crippen LogP contribution in [0.5, 0.6) is 0 Å². The summed E-state index contributed by atoms with van der Waals surface area (Å²) >= 11 is 13.0. The van der Waals surface area contributed by atoms with Crippen molar-refractivity contribution < 1.29 is 37.4 Å². The van der Waals surface area contributed by atoms with Crippen LogP contribution in [0.3, 0.4) is 0 Å². The number of anilines is 2. The first kappa shape index (κ1) is 37.3. The Hall–Kier alpha value is -4.99. The van der Waals surface area contributed by atoms with Crippen LogP contribution in [0.25, 0.3) is 0 Å². The van der Waals surface area contributed by atoms with Crippen molar-refractivity contribution in [2.45, 2.75) is 18.6 Å². The van der Waals surface area contributed by atoms with E-state index in [4.69, 9.17) is 32.7 Å². The minimum atomic E-state index is -2.95. The van der Waals surface area contributed by atoms with E-state index in [-0.39, 0.29) is 40.3 Å². The molecule has 1 atom stereocenters. The van der Waals surface area contributed by atoms with E-state index < -0.39 is 55.3 Å². The highest BCUT2D eigenvalue weighted by atomic mass is 35.5. The second kappa shape index (κ2) is 17.3. The third kappa shape index (κ3) is 10.7. The molecular formula is C34H35Cl2F2N7O6. The fourth-order valence-corrected chi connectivity index (χ4v) is 5.70. The van der Waals surface area contributed by atoms with E-state index in [0.717, 1.165) is 0 Å². The van der Waals surface area contributed by atoms with Crippen LogP contribution >= 0.6 is 23.2 Å². The SMILES string of the molecule is O=C(CNC(=O)c1cccc(NC2=NCC(F)(F)CN2)c1)NCC(NC(=O)c1c(Cl)cc(N2CCOCC2)cc1Cl)C(=O)OCc1ccccc1. The second-order valence-electron chi connectivity index (χ2n) is 11.6. The number of hydrogen-bond acceptors (Lipinski definition) is 10. The van der Waals surface area contributed by atoms with E-state index in [1.165, 1.54) is 12.1 Å². The quantitative estimate of drug-likeness (QED) is 0.175. The zero-order valence-electron chi connectivity index (χ0n) is 27.1. The first-order valence-corrected chi connectivity index (χ1v) is 16.6. The minimum absolute atomic E-state index is 0.0595. The molecule has 0 aliphatic carbocycles. The molecule has 17 heteroatoms. The van der Waals surface area contributed by atoms with Crippen LogP contribution in [-0.2, 0) is 25.7 Å². The predicted molar refractivity (Wildman–Crippen MR) is 188 cm³/mol. The van der Waals surface area contributed by atoms with E-state index in [1.807, 2.05) is 11.0 Å². The number of rotatable bonds is 12. The lowest BCUT2D eigenvalue weighted by Crippen LogP contribution is -2.50. The maximum absolute atomic E-state index is 13.4. The number of aliphatic imine (C=N–C) groups is 1. The van der Waals surface area contributed by atoms with Gasteiger partial charge in [-0.1, -0.05) is 59.6 Å². The molecule has 1 fully saturated rings. The molecule has 0 radical (unpaired) electrons. The van der Waals surface area contributed by atoms with Crippen LogP contribution in [0.4, 0.5) is 20.2 Å². The Morgan fingerprint density at radius 1 is 0.961 bits per heavy atom. The standard InChI is InChI=1S/C34H35Cl2F2N7O6/c35-25-14-24(45-9-11-50-12-10-45)15-26(36)29(25)31(48)44-27(32(49)51-18-21-5-2-1-3-6-21)16-39-28(46)17-40-30(47)22-7-4-8-23(13-22)43-33-41-19-34(37,38)20-42-33/h1-8,13-15,27H,9-12,16-20H2,(H,39,46)(H,40,47)(H,44,48)(H2,41,42,43). The van der Waals surface area contributed by atoms with Crippen molar-refractivity contribution in [1.82, 2.24) is 21.3 Å². The Balaban J connectivity index is 1.19. The number of hydrogen-bond donors (Lipinski definition) is 5. The van der Waals surface area contributed by atoms with Crippen LogP contribution in [0.15, 0.2) is 71.7 Å². The van der Waals surface area contributed by atoms with Gasteiger partial charge in [0.05, 0.1) is 41.9 Å². The van der Waals surface area contributed by atoms with Crippen molar-refractivity contribution in [1.29, 1.82) is 0 Å². The van der Waals surface area contributed by atoms with Gasteiger partial charge in [-0.05, 0) is 35.9 Å². The normalized spacial score (nSPS) is 15.8. The van der Waals surface area contributed by atoms with E-state index >= 15 is 0 Å². The van der Waals surface area contributed by atoms with E-state index in [1.54, 1.807) is 48.5 Å². The topological polar surface area (TPSA) is 162 Å². The number of alkyl halides is 2. The predicted octanol–water partition coefficient (Wildman–Crippen LogP) is 3.22. The van der Waals surface area contributed by atoms with Crippen molar-refractivity contribution in [2.75, 3.05) is 62.7 Å². The smallest absolute Gasteiger partial charge is 0.330 e. The Morgan fingerprint density at radius 2 is 1.69 bits per heavy atom. The Morgan fingerprint density at radius 3 is 2.37 bits per heavy atom. The van der Waals surface area contributed by atoms with Crippen molar-refractivity contribution in [2.24, 2.45) is 4.99 Å². The number of amides is 3. The maximum atomic E-state index is 13.4. The van der Waals surface area contributed by atoms with Crippen molar-refractivity contribution in [3.63, 3.8) is 0 Å². The molecule has 0 saturated carbocycles. The summed E-state index contributed by atoms with van der Waals surface area (Å²) in [4.78, 5) is 58.0. The summed E-state index contributed by atoms with van der Waals surface area (Å²) < 4.78 is 37.5. The highest BCUT2D eigenvalue weighted by molar-refractivity contribution is 6.40. The highest BCUT2D eigenvalue weighted by Crippen LogP contribution is 2.31. The number of benzene rings is 3. The number of ether oxygens (including phenoxy) is 2. The van der Waals surface area contributed by atoms with Crippen LogP contribution in [-0.4, -0.2) is 94.1 Å². The van der Waals surface area contributed by atoms with Gasteiger partial charge in [-0.2, -0.15) is 0 Å². The molecule has 3 aromatic rings. The molecule has 0 aromatic heterocycles. The van der Waals surface area contributed by atoms with Gasteiger partial charge >= 0.3 is 5.97 Å². The zero-order chi connectivity index (χ0) is 36.4. The molecular weight excluding hydrogens is 711 g/mol. The zero-order valence-corrected chi connectivity index (χ0v) is 28.7. The molecule has 0 spiro atoms. The molecule has 5 rings (SSSR count). The van der Waals surface area contributed by atoms with E-state index in [0.29, 0.717) is 43.2 Å². The van der Waals surface area contributed by atoms with Crippen LogP contribution < -0.4 is 31.5 Å². The lowest BCUT2D eigenvalue weighted by Gasteiger charge is -2.29. The fourth-order valence-electron chi connectivity index (χ4n) is 5.05. The third-order valence-corrected chi connectivity index (χ3v) is 8.32. The summed E-state index contributed by atoms with van der Waals surface area (Å²) in [5.41, 5.74) is 1.95. The first-order valence-electron chi connectivity index (χ1n) is 15.9. The summed E-state index contributed by atoms with van der Waals surface area (Å²) in [7, 11) is 0. The molecule has 13 nitrogen and oxygen atoms in total. The molecule has 270 valence electrons. The number of esters is 1. The molecule has 1 unspecified atom stereocenters.